The summed E-state index contributed by atoms with van der Waals surface area (Å²) in [7, 11) is 0. The molecule has 0 radical (unpaired) electrons. The van der Waals surface area contributed by atoms with Crippen LogP contribution in [0.3, 0.4) is 0 Å². The average Bonchev–Trinajstić information content (AvgIpc) is 2.74. The number of ether oxygens (including phenoxy) is 1. The van der Waals surface area contributed by atoms with E-state index in [-0.39, 0.29) is 11.3 Å². The summed E-state index contributed by atoms with van der Waals surface area (Å²) in [5, 5.41) is 15.1. The van der Waals surface area contributed by atoms with Crippen molar-refractivity contribution in [3.63, 3.8) is 0 Å². The van der Waals surface area contributed by atoms with Gasteiger partial charge in [0, 0.05) is 22.7 Å². The van der Waals surface area contributed by atoms with Crippen LogP contribution in [-0.2, 0) is 0 Å². The van der Waals surface area contributed by atoms with Gasteiger partial charge >= 0.3 is 5.97 Å². The van der Waals surface area contributed by atoms with Gasteiger partial charge in [-0.25, -0.2) is 10.2 Å². The van der Waals surface area contributed by atoms with Crippen LogP contribution >= 0.6 is 11.6 Å². The van der Waals surface area contributed by atoms with Gasteiger partial charge in [-0.05, 0) is 48.0 Å². The zero-order valence-electron chi connectivity index (χ0n) is 15.3. The number of nitro groups is 1. The summed E-state index contributed by atoms with van der Waals surface area (Å²) in [5.74, 6) is -0.844. The zero-order valence-corrected chi connectivity index (χ0v) is 16.1. The van der Waals surface area contributed by atoms with Crippen molar-refractivity contribution in [3.8, 4) is 5.75 Å². The number of hydrazone groups is 1. The van der Waals surface area contributed by atoms with E-state index in [2.05, 4.69) is 10.5 Å². The maximum atomic E-state index is 12.2. The molecule has 0 aliphatic heterocycles. The number of halogens is 1. The number of nitro benzene ring substituents is 1. The lowest BCUT2D eigenvalue weighted by Crippen LogP contribution is -2.17. The lowest BCUT2D eigenvalue weighted by atomic mass is 10.2. The number of hydrogen-bond donors (Lipinski definition) is 1. The Morgan fingerprint density at radius 3 is 2.47 bits per heavy atom. The van der Waals surface area contributed by atoms with Crippen molar-refractivity contribution in [1.82, 2.24) is 5.43 Å². The van der Waals surface area contributed by atoms with E-state index >= 15 is 0 Å². The Hall–Kier alpha value is -4.04. The second-order valence-electron chi connectivity index (χ2n) is 5.98. The summed E-state index contributed by atoms with van der Waals surface area (Å²) in [4.78, 5) is 34.4. The predicted octanol–water partition coefficient (Wildman–Crippen LogP) is 4.23. The number of hydrogen-bond acceptors (Lipinski definition) is 6. The van der Waals surface area contributed by atoms with Crippen LogP contribution in [-0.4, -0.2) is 23.0 Å². The number of esters is 1. The Morgan fingerprint density at radius 1 is 1.00 bits per heavy atom. The maximum Gasteiger partial charge on any atom is 0.343 e. The molecular formula is C21H14ClN3O5. The Morgan fingerprint density at radius 2 is 1.73 bits per heavy atom. The number of carbonyl (C=O) groups excluding carboxylic acids is 2. The van der Waals surface area contributed by atoms with Crippen LogP contribution in [0.25, 0.3) is 0 Å². The van der Waals surface area contributed by atoms with E-state index in [0.29, 0.717) is 21.9 Å². The minimum Gasteiger partial charge on any atom is -0.423 e. The molecule has 0 bridgehead atoms. The Labute approximate surface area is 175 Å². The van der Waals surface area contributed by atoms with Crippen molar-refractivity contribution in [2.75, 3.05) is 0 Å². The molecule has 0 aliphatic rings. The molecule has 0 aliphatic carbocycles. The predicted molar refractivity (Wildman–Crippen MR) is 111 cm³/mol. The first-order chi connectivity index (χ1) is 14.4. The van der Waals surface area contributed by atoms with E-state index in [4.69, 9.17) is 16.3 Å². The number of rotatable bonds is 6. The molecule has 9 heteroatoms. The van der Waals surface area contributed by atoms with Gasteiger partial charge in [0.2, 0.25) is 0 Å². The van der Waals surface area contributed by atoms with Crippen LogP contribution < -0.4 is 10.2 Å². The van der Waals surface area contributed by atoms with E-state index in [1.54, 1.807) is 48.5 Å². The molecule has 0 spiro atoms. The molecule has 1 N–H and O–H groups in total. The fourth-order valence-electron chi connectivity index (χ4n) is 2.40. The van der Waals surface area contributed by atoms with Crippen LogP contribution in [0.5, 0.6) is 5.75 Å². The third-order valence-corrected chi connectivity index (χ3v) is 4.10. The van der Waals surface area contributed by atoms with Gasteiger partial charge < -0.3 is 4.74 Å². The van der Waals surface area contributed by atoms with Crippen molar-refractivity contribution in [2.45, 2.75) is 0 Å². The van der Waals surface area contributed by atoms with Crippen LogP contribution in [0, 0.1) is 10.1 Å². The molecule has 150 valence electrons. The maximum absolute atomic E-state index is 12.2. The normalized spacial score (nSPS) is 10.6. The van der Waals surface area contributed by atoms with Crippen molar-refractivity contribution in [2.24, 2.45) is 5.10 Å². The van der Waals surface area contributed by atoms with Crippen LogP contribution in [0.15, 0.2) is 77.9 Å². The molecule has 1 amide bonds. The molecular weight excluding hydrogens is 410 g/mol. The van der Waals surface area contributed by atoms with Gasteiger partial charge in [0.25, 0.3) is 11.6 Å². The molecule has 0 fully saturated rings. The monoisotopic (exact) mass is 423 g/mol. The molecule has 0 heterocycles. The van der Waals surface area contributed by atoms with Gasteiger partial charge in [-0.1, -0.05) is 29.8 Å². The highest BCUT2D eigenvalue weighted by molar-refractivity contribution is 6.30. The zero-order chi connectivity index (χ0) is 21.5. The average molecular weight is 424 g/mol. The second kappa shape index (κ2) is 9.44. The number of amides is 1. The summed E-state index contributed by atoms with van der Waals surface area (Å²) in [6.07, 6.45) is 1.36. The Balaban J connectivity index is 1.63. The number of non-ortho nitro benzene ring substituents is 1. The van der Waals surface area contributed by atoms with E-state index < -0.39 is 16.8 Å². The molecule has 30 heavy (non-hydrogen) atoms. The molecule has 0 aromatic heterocycles. The highest BCUT2D eigenvalue weighted by Gasteiger charge is 2.11. The smallest absolute Gasteiger partial charge is 0.343 e. The summed E-state index contributed by atoms with van der Waals surface area (Å²) in [6.45, 7) is 0. The van der Waals surface area contributed by atoms with Crippen LogP contribution in [0.1, 0.15) is 26.3 Å². The molecule has 0 atom stereocenters. The molecule has 0 unspecified atom stereocenters. The number of nitrogens with one attached hydrogen (secondary N) is 1. The van der Waals surface area contributed by atoms with Gasteiger partial charge in [-0.15, -0.1) is 0 Å². The molecule has 3 aromatic carbocycles. The van der Waals surface area contributed by atoms with Gasteiger partial charge in [0.1, 0.15) is 5.75 Å². The van der Waals surface area contributed by atoms with Crippen molar-refractivity contribution < 1.29 is 19.2 Å². The summed E-state index contributed by atoms with van der Waals surface area (Å²) < 4.78 is 5.32. The molecule has 8 nitrogen and oxygen atoms in total. The third-order valence-electron chi connectivity index (χ3n) is 3.85. The Kier molecular flexibility index (Phi) is 6.51. The van der Waals surface area contributed by atoms with Gasteiger partial charge in [0.15, 0.2) is 0 Å². The molecule has 3 rings (SSSR count). The van der Waals surface area contributed by atoms with E-state index in [0.717, 1.165) is 6.07 Å². The quantitative estimate of drug-likeness (QED) is 0.210. The molecule has 3 aromatic rings. The minimum atomic E-state index is -0.597. The summed E-state index contributed by atoms with van der Waals surface area (Å²) >= 11 is 5.80. The molecule has 0 saturated carbocycles. The number of carbonyl (C=O) groups is 2. The highest BCUT2D eigenvalue weighted by Crippen LogP contribution is 2.16. The van der Waals surface area contributed by atoms with E-state index in [1.165, 1.54) is 24.4 Å². The fraction of sp³-hybridized carbons (Fsp3) is 0. The van der Waals surface area contributed by atoms with Gasteiger partial charge in [-0.2, -0.15) is 5.10 Å². The standard InChI is InChI=1S/C21H14ClN3O5/c22-17-9-7-15(8-10-17)21(27)30-19-6-1-3-14(11-19)13-23-24-20(26)16-4-2-5-18(12-16)25(28)29/h1-13H,(H,24,26). The van der Waals surface area contributed by atoms with Crippen LogP contribution in [0.4, 0.5) is 5.69 Å². The van der Waals surface area contributed by atoms with E-state index in [1.807, 2.05) is 0 Å². The minimum absolute atomic E-state index is 0.104. The van der Waals surface area contributed by atoms with Gasteiger partial charge in [0.05, 0.1) is 16.7 Å². The fourth-order valence-corrected chi connectivity index (χ4v) is 2.53. The first-order valence-electron chi connectivity index (χ1n) is 8.58. The van der Waals surface area contributed by atoms with Crippen LogP contribution in [0.2, 0.25) is 5.02 Å². The van der Waals surface area contributed by atoms with Crippen molar-refractivity contribution in [1.29, 1.82) is 0 Å². The number of nitrogens with zero attached hydrogens (tertiary/aromatic N) is 2. The lowest BCUT2D eigenvalue weighted by Gasteiger charge is -2.05. The van der Waals surface area contributed by atoms with E-state index in [9.17, 15) is 19.7 Å². The first kappa shape index (κ1) is 20.7. The summed E-state index contributed by atoms with van der Waals surface area (Å²) in [5.41, 5.74) is 3.12. The second-order valence-corrected chi connectivity index (χ2v) is 6.41. The lowest BCUT2D eigenvalue weighted by molar-refractivity contribution is -0.384. The molecule has 0 saturated heterocycles. The topological polar surface area (TPSA) is 111 Å². The first-order valence-corrected chi connectivity index (χ1v) is 8.96. The van der Waals surface area contributed by atoms with Crippen molar-refractivity contribution >= 4 is 35.4 Å². The SMILES string of the molecule is O=C(NN=Cc1cccc(OC(=O)c2ccc(Cl)cc2)c1)c1cccc([N+](=O)[O-])c1. The van der Waals surface area contributed by atoms with Gasteiger partial charge in [-0.3, -0.25) is 14.9 Å². The Bertz CT molecular complexity index is 1130. The highest BCUT2D eigenvalue weighted by atomic mass is 35.5. The largest absolute Gasteiger partial charge is 0.423 e. The third kappa shape index (κ3) is 5.49. The summed E-state index contributed by atoms with van der Waals surface area (Å²) in [6, 6.07) is 18.1. The number of benzene rings is 3. The van der Waals surface area contributed by atoms with Crippen molar-refractivity contribution in [3.05, 3.63) is 105 Å².